The molecule has 0 heterocycles. The van der Waals surface area contributed by atoms with Crippen LogP contribution < -0.4 is 4.18 Å². The molecule has 14 heteroatoms. The van der Waals surface area contributed by atoms with Gasteiger partial charge >= 0.3 is 16.1 Å². The number of phenolic OH excluding ortho intramolecular Hbond substituents is 2. The van der Waals surface area contributed by atoms with E-state index >= 15 is 0 Å². The second-order valence-electron chi connectivity index (χ2n) is 5.33. The minimum absolute atomic E-state index is 0.0192. The van der Waals surface area contributed by atoms with E-state index in [9.17, 15) is 43.7 Å². The van der Waals surface area contributed by atoms with Crippen LogP contribution in [0.2, 0.25) is 0 Å². The number of aryl methyl sites for hydroxylation is 1. The normalized spacial score (nSPS) is 11.0. The molecule has 0 spiro atoms. The molecule has 0 aromatic heterocycles. The van der Waals surface area contributed by atoms with Gasteiger partial charge in [0.05, 0.1) is 15.4 Å². The highest BCUT2D eigenvalue weighted by Crippen LogP contribution is 2.41. The molecular weight excluding hydrogens is 404 g/mol. The SMILES string of the molecule is Cc1cc([N+](=O)[O-])c(S(=O)(=O)Oc2cc(C(=O)O)cc(O)c2O)c([N+](=O)[O-])c1. The molecule has 0 atom stereocenters. The van der Waals surface area contributed by atoms with E-state index < -0.39 is 65.0 Å². The number of nitro groups is 2. The second kappa shape index (κ2) is 6.99. The van der Waals surface area contributed by atoms with Gasteiger partial charge in [-0.25, -0.2) is 4.79 Å². The first-order chi connectivity index (χ1) is 12.8. The molecule has 2 aromatic carbocycles. The third-order valence-electron chi connectivity index (χ3n) is 3.34. The molecule has 0 saturated carbocycles. The van der Waals surface area contributed by atoms with Crippen LogP contribution in [-0.2, 0) is 10.1 Å². The van der Waals surface area contributed by atoms with Crippen LogP contribution >= 0.6 is 0 Å². The lowest BCUT2D eigenvalue weighted by atomic mass is 10.2. The van der Waals surface area contributed by atoms with Gasteiger partial charge in [0, 0.05) is 18.2 Å². The Balaban J connectivity index is 2.75. The smallest absolute Gasteiger partial charge is 0.353 e. The lowest BCUT2D eigenvalue weighted by Crippen LogP contribution is -2.15. The Kier molecular flexibility index (Phi) is 5.09. The average molecular weight is 414 g/mol. The maximum absolute atomic E-state index is 12.5. The van der Waals surface area contributed by atoms with Crippen LogP contribution in [0.4, 0.5) is 11.4 Å². The van der Waals surface area contributed by atoms with Gasteiger partial charge in [-0.2, -0.15) is 8.42 Å². The first-order valence-corrected chi connectivity index (χ1v) is 8.43. The molecule has 0 aliphatic carbocycles. The van der Waals surface area contributed by atoms with Gasteiger partial charge in [0.15, 0.2) is 11.5 Å². The summed E-state index contributed by atoms with van der Waals surface area (Å²) in [4.78, 5) is 29.6. The van der Waals surface area contributed by atoms with Gasteiger partial charge in [-0.15, -0.1) is 0 Å². The number of nitro benzene ring substituents is 2. The fourth-order valence-corrected chi connectivity index (χ4v) is 3.43. The Morgan fingerprint density at radius 3 is 1.96 bits per heavy atom. The lowest BCUT2D eigenvalue weighted by Gasteiger charge is -2.11. The zero-order valence-electron chi connectivity index (χ0n) is 13.7. The van der Waals surface area contributed by atoms with Gasteiger partial charge in [-0.05, 0) is 18.6 Å². The third-order valence-corrected chi connectivity index (χ3v) is 4.66. The Morgan fingerprint density at radius 1 is 1.04 bits per heavy atom. The van der Waals surface area contributed by atoms with Gasteiger partial charge in [-0.3, -0.25) is 20.2 Å². The number of carbonyl (C=O) groups is 1. The zero-order chi connectivity index (χ0) is 21.4. The zero-order valence-corrected chi connectivity index (χ0v) is 14.5. The molecule has 0 amide bonds. The molecule has 28 heavy (non-hydrogen) atoms. The maximum Gasteiger partial charge on any atom is 0.353 e. The van der Waals surface area contributed by atoms with E-state index in [0.717, 1.165) is 12.1 Å². The minimum Gasteiger partial charge on any atom is -0.504 e. The molecule has 0 unspecified atom stereocenters. The van der Waals surface area contributed by atoms with Gasteiger partial charge < -0.3 is 19.5 Å². The molecule has 2 rings (SSSR count). The number of carboxylic acids is 1. The van der Waals surface area contributed by atoms with Gasteiger partial charge in [0.1, 0.15) is 0 Å². The first-order valence-electron chi connectivity index (χ1n) is 7.02. The first kappa shape index (κ1) is 20.4. The molecule has 2 aromatic rings. The fourth-order valence-electron chi connectivity index (χ4n) is 2.20. The van der Waals surface area contributed by atoms with Crippen molar-refractivity contribution in [3.63, 3.8) is 0 Å². The summed E-state index contributed by atoms with van der Waals surface area (Å²) in [5, 5.41) is 50.6. The summed E-state index contributed by atoms with van der Waals surface area (Å²) in [5.41, 5.74) is -2.99. The maximum atomic E-state index is 12.5. The van der Waals surface area contributed by atoms with Gasteiger partial charge in [0.2, 0.25) is 5.75 Å². The summed E-state index contributed by atoms with van der Waals surface area (Å²) in [6.07, 6.45) is 0. The minimum atomic E-state index is -5.31. The number of nitrogens with zero attached hydrogens (tertiary/aromatic N) is 2. The predicted octanol–water partition coefficient (Wildman–Crippen LogP) is 1.69. The largest absolute Gasteiger partial charge is 0.504 e. The number of carboxylic acid groups (broad SMARTS) is 1. The average Bonchev–Trinajstić information content (AvgIpc) is 2.57. The van der Waals surface area contributed by atoms with E-state index in [0.29, 0.717) is 12.1 Å². The Bertz CT molecular complexity index is 1090. The van der Waals surface area contributed by atoms with E-state index in [-0.39, 0.29) is 5.56 Å². The molecule has 0 aliphatic heterocycles. The molecule has 0 fully saturated rings. The summed E-state index contributed by atoms with van der Waals surface area (Å²) in [6.45, 7) is 1.26. The van der Waals surface area contributed by atoms with Crippen molar-refractivity contribution in [3.05, 3.63) is 55.6 Å². The van der Waals surface area contributed by atoms with E-state index in [1.807, 2.05) is 0 Å². The highest BCUT2D eigenvalue weighted by molar-refractivity contribution is 7.87. The van der Waals surface area contributed by atoms with Crippen molar-refractivity contribution in [1.82, 2.24) is 0 Å². The van der Waals surface area contributed by atoms with E-state index in [2.05, 4.69) is 4.18 Å². The molecule has 0 aliphatic rings. The molecular formula is C14H10N2O11S. The lowest BCUT2D eigenvalue weighted by molar-refractivity contribution is -0.400. The Morgan fingerprint density at radius 2 is 1.54 bits per heavy atom. The van der Waals surface area contributed by atoms with Crippen molar-refractivity contribution < 1.29 is 42.6 Å². The van der Waals surface area contributed by atoms with Crippen LogP contribution in [0.25, 0.3) is 0 Å². The number of benzene rings is 2. The molecule has 148 valence electrons. The van der Waals surface area contributed by atoms with Crippen LogP contribution in [-0.4, -0.2) is 39.6 Å². The van der Waals surface area contributed by atoms with Crippen LogP contribution in [0.3, 0.4) is 0 Å². The third kappa shape index (κ3) is 3.75. The van der Waals surface area contributed by atoms with Gasteiger partial charge in [-0.1, -0.05) is 0 Å². The second-order valence-corrected chi connectivity index (χ2v) is 6.81. The standard InChI is InChI=1S/C14H10N2O11S/c1-6-2-8(15(21)22)13(9(3-6)16(23)24)28(25,26)27-11-5-7(14(19)20)4-10(17)12(11)18/h2-5,17-18H,1H3,(H,19,20). The van der Waals surface area contributed by atoms with Crippen molar-refractivity contribution in [2.45, 2.75) is 11.8 Å². The van der Waals surface area contributed by atoms with E-state index in [4.69, 9.17) is 5.11 Å². The quantitative estimate of drug-likeness (QED) is 0.268. The topological polar surface area (TPSA) is 207 Å². The van der Waals surface area contributed by atoms with Crippen molar-refractivity contribution in [2.24, 2.45) is 0 Å². The number of hydrogen-bond donors (Lipinski definition) is 3. The van der Waals surface area contributed by atoms with Crippen LogP contribution in [0.15, 0.2) is 29.2 Å². The fraction of sp³-hybridized carbons (Fsp3) is 0.0714. The number of aromatic carboxylic acids is 1. The Hall–Kier alpha value is -3.94. The number of phenols is 2. The van der Waals surface area contributed by atoms with Crippen molar-refractivity contribution in [1.29, 1.82) is 0 Å². The molecule has 0 bridgehead atoms. The summed E-state index contributed by atoms with van der Waals surface area (Å²) in [7, 11) is -5.31. The predicted molar refractivity (Wildman–Crippen MR) is 89.0 cm³/mol. The summed E-state index contributed by atoms with van der Waals surface area (Å²) < 4.78 is 29.6. The summed E-state index contributed by atoms with van der Waals surface area (Å²) in [6, 6.07) is 2.62. The highest BCUT2D eigenvalue weighted by Gasteiger charge is 2.38. The highest BCUT2D eigenvalue weighted by atomic mass is 32.2. The molecule has 3 N–H and O–H groups in total. The van der Waals surface area contributed by atoms with E-state index in [1.165, 1.54) is 6.92 Å². The van der Waals surface area contributed by atoms with Crippen LogP contribution in [0, 0.1) is 27.2 Å². The summed E-state index contributed by atoms with van der Waals surface area (Å²) in [5.74, 6) is -4.96. The van der Waals surface area contributed by atoms with Gasteiger partial charge in [0.25, 0.3) is 16.3 Å². The van der Waals surface area contributed by atoms with Crippen molar-refractivity contribution in [3.8, 4) is 17.2 Å². The van der Waals surface area contributed by atoms with Crippen LogP contribution in [0.1, 0.15) is 15.9 Å². The Labute approximate surface area is 155 Å². The monoisotopic (exact) mass is 414 g/mol. The van der Waals surface area contributed by atoms with Crippen molar-refractivity contribution in [2.75, 3.05) is 0 Å². The van der Waals surface area contributed by atoms with E-state index in [1.54, 1.807) is 0 Å². The molecule has 0 radical (unpaired) electrons. The number of hydrogen-bond acceptors (Lipinski definition) is 10. The molecule has 13 nitrogen and oxygen atoms in total. The number of rotatable bonds is 6. The van der Waals surface area contributed by atoms with Crippen LogP contribution in [0.5, 0.6) is 17.2 Å². The number of aromatic hydroxyl groups is 2. The van der Waals surface area contributed by atoms with Crippen molar-refractivity contribution >= 4 is 27.5 Å². The summed E-state index contributed by atoms with van der Waals surface area (Å²) >= 11 is 0. The molecule has 0 saturated heterocycles.